The van der Waals surface area contributed by atoms with Crippen LogP contribution in [0, 0.1) is 0 Å². The van der Waals surface area contributed by atoms with Crippen molar-refractivity contribution >= 4 is 0 Å². The lowest BCUT2D eigenvalue weighted by atomic mass is 10.0. The van der Waals surface area contributed by atoms with Crippen molar-refractivity contribution in [3.05, 3.63) is 102 Å². The normalized spacial score (nSPS) is 13.9. The highest BCUT2D eigenvalue weighted by Gasteiger charge is 2.40. The Kier molecular flexibility index (Phi) is 14.0. The van der Waals surface area contributed by atoms with Crippen LogP contribution in [0.1, 0.15) is 103 Å². The quantitative estimate of drug-likeness (QED) is 0.0674. The van der Waals surface area contributed by atoms with Crippen LogP contribution < -0.4 is 9.47 Å². The summed E-state index contributed by atoms with van der Waals surface area (Å²) in [5.41, 5.74) is 3.16. The molecule has 0 amide bonds. The Bertz CT molecular complexity index is 1410. The van der Waals surface area contributed by atoms with Crippen LogP contribution in [0.3, 0.4) is 0 Å². The summed E-state index contributed by atoms with van der Waals surface area (Å²) in [5.74, 6) is -1.65. The van der Waals surface area contributed by atoms with Crippen molar-refractivity contribution in [2.45, 2.75) is 103 Å². The van der Waals surface area contributed by atoms with Crippen LogP contribution in [0.25, 0.3) is 11.3 Å². The fraction of sp³-hybridized carbons (Fsp3) is 0.462. The van der Waals surface area contributed by atoms with Crippen LogP contribution >= 0.6 is 0 Å². The van der Waals surface area contributed by atoms with Crippen molar-refractivity contribution in [3.8, 4) is 22.9 Å². The van der Waals surface area contributed by atoms with Gasteiger partial charge in [0.2, 0.25) is 17.3 Å². The van der Waals surface area contributed by atoms with E-state index in [4.69, 9.17) is 18.9 Å². The van der Waals surface area contributed by atoms with E-state index in [-0.39, 0.29) is 5.88 Å². The molecule has 0 bridgehead atoms. The number of aromatic nitrogens is 3. The lowest BCUT2D eigenvalue weighted by molar-refractivity contribution is -0.209. The molecule has 1 heterocycles. The largest absolute Gasteiger partial charge is 0.450 e. The predicted molar refractivity (Wildman–Crippen MR) is 184 cm³/mol. The van der Waals surface area contributed by atoms with E-state index in [9.17, 15) is 0 Å². The molecule has 0 aliphatic rings. The first kappa shape index (κ1) is 35.1. The van der Waals surface area contributed by atoms with Crippen molar-refractivity contribution in [1.82, 2.24) is 15.4 Å². The first-order valence-corrected chi connectivity index (χ1v) is 17.2. The van der Waals surface area contributed by atoms with E-state index in [1.54, 1.807) is 0 Å². The van der Waals surface area contributed by atoms with Gasteiger partial charge in [0.25, 0.3) is 5.88 Å². The molecule has 246 valence electrons. The molecular weight excluding hydrogens is 574 g/mol. The number of ether oxygens (including phenoxy) is 4. The minimum Gasteiger partial charge on any atom is -0.450 e. The molecule has 0 fully saturated rings. The lowest BCUT2D eigenvalue weighted by Gasteiger charge is -2.37. The third-order valence-corrected chi connectivity index (χ3v) is 8.29. The van der Waals surface area contributed by atoms with Gasteiger partial charge in [-0.05, 0) is 18.1 Å². The van der Waals surface area contributed by atoms with Crippen LogP contribution in [0.5, 0.6) is 11.6 Å². The Labute approximate surface area is 275 Å². The topological polar surface area (TPSA) is 75.6 Å². The molecule has 4 aromatic rings. The lowest BCUT2D eigenvalue weighted by Crippen LogP contribution is -2.39. The fourth-order valence-electron chi connectivity index (χ4n) is 5.58. The Balaban J connectivity index is 1.82. The second-order valence-corrected chi connectivity index (χ2v) is 11.6. The van der Waals surface area contributed by atoms with Crippen molar-refractivity contribution in [1.29, 1.82) is 0 Å². The van der Waals surface area contributed by atoms with E-state index in [2.05, 4.69) is 43.1 Å². The first-order chi connectivity index (χ1) is 22.6. The van der Waals surface area contributed by atoms with Gasteiger partial charge in [-0.15, -0.1) is 5.10 Å². The molecule has 1 aromatic heterocycles. The van der Waals surface area contributed by atoms with Crippen molar-refractivity contribution in [2.24, 2.45) is 0 Å². The van der Waals surface area contributed by atoms with E-state index >= 15 is 0 Å². The maximum atomic E-state index is 7.08. The molecule has 46 heavy (non-hydrogen) atoms. The van der Waals surface area contributed by atoms with Gasteiger partial charge in [-0.1, -0.05) is 162 Å². The Morgan fingerprint density at radius 1 is 0.522 bits per heavy atom. The van der Waals surface area contributed by atoms with Gasteiger partial charge in [0, 0.05) is 29.5 Å². The van der Waals surface area contributed by atoms with Gasteiger partial charge in [-0.3, -0.25) is 0 Å². The second kappa shape index (κ2) is 18.4. The molecule has 4 rings (SSSR count). The minimum absolute atomic E-state index is 0.205. The number of unbranched alkanes of at least 4 members (excludes halogenated alkanes) is 6. The third kappa shape index (κ3) is 9.14. The predicted octanol–water partition coefficient (Wildman–Crippen LogP) is 10.0. The minimum atomic E-state index is -1.11. The van der Waals surface area contributed by atoms with Gasteiger partial charge in [0.05, 0.1) is 13.2 Å². The number of hydrogen-bond acceptors (Lipinski definition) is 7. The van der Waals surface area contributed by atoms with Crippen LogP contribution in [-0.2, 0) is 21.0 Å². The zero-order valence-electron chi connectivity index (χ0n) is 28.1. The van der Waals surface area contributed by atoms with Gasteiger partial charge in [0.1, 0.15) is 5.69 Å². The molecule has 0 saturated carbocycles. The van der Waals surface area contributed by atoms with Crippen LogP contribution in [0.4, 0.5) is 0 Å². The highest BCUT2D eigenvalue weighted by molar-refractivity contribution is 5.68. The molecule has 0 aliphatic heterocycles. The summed E-state index contributed by atoms with van der Waals surface area (Å²) in [6, 6.07) is 30.0. The van der Waals surface area contributed by atoms with E-state index in [1.165, 1.54) is 12.8 Å². The maximum Gasteiger partial charge on any atom is 0.283 e. The smallest absolute Gasteiger partial charge is 0.283 e. The summed E-state index contributed by atoms with van der Waals surface area (Å²) in [5, 5.41) is 13.2. The molecule has 0 N–H and O–H groups in total. The first-order valence-electron chi connectivity index (χ1n) is 17.2. The summed E-state index contributed by atoms with van der Waals surface area (Å²) in [4.78, 5) is 0. The van der Waals surface area contributed by atoms with E-state index < -0.39 is 11.6 Å². The average molecular weight is 626 g/mol. The molecular formula is C39H51N3O4. The molecule has 7 heteroatoms. The highest BCUT2D eigenvalue weighted by atomic mass is 16.7. The number of benzene rings is 3. The number of hydrogen-bond donors (Lipinski definition) is 0. The van der Waals surface area contributed by atoms with Crippen LogP contribution in [0.2, 0.25) is 0 Å². The van der Waals surface area contributed by atoms with Gasteiger partial charge in [0.15, 0.2) is 0 Å². The Morgan fingerprint density at radius 2 is 1.00 bits per heavy atom. The average Bonchev–Trinajstić information content (AvgIpc) is 3.12. The number of rotatable bonds is 21. The maximum absolute atomic E-state index is 7.08. The summed E-state index contributed by atoms with van der Waals surface area (Å²) < 4.78 is 27.4. The molecule has 0 spiro atoms. The summed E-state index contributed by atoms with van der Waals surface area (Å²) in [7, 11) is 0. The highest BCUT2D eigenvalue weighted by Crippen LogP contribution is 2.44. The van der Waals surface area contributed by atoms with Crippen LogP contribution in [0.15, 0.2) is 91.0 Å². The molecule has 3 aromatic carbocycles. The van der Waals surface area contributed by atoms with E-state index in [0.29, 0.717) is 37.5 Å². The van der Waals surface area contributed by atoms with Crippen molar-refractivity contribution < 1.29 is 18.9 Å². The molecule has 0 aliphatic carbocycles. The van der Waals surface area contributed by atoms with Crippen molar-refractivity contribution in [2.75, 3.05) is 13.2 Å². The Hall–Kier alpha value is -3.81. The van der Waals surface area contributed by atoms with Gasteiger partial charge in [-0.2, -0.15) is 0 Å². The third-order valence-electron chi connectivity index (χ3n) is 8.29. The van der Waals surface area contributed by atoms with Gasteiger partial charge >= 0.3 is 0 Å². The van der Waals surface area contributed by atoms with Gasteiger partial charge in [-0.25, -0.2) is 0 Å². The molecule has 2 unspecified atom stereocenters. The zero-order valence-corrected chi connectivity index (χ0v) is 28.1. The standard InChI is InChI=1S/C39H51N3O4/c1-5-9-11-22-30-43-38(7-3,33-26-18-14-19-27-33)45-36-35(32-24-16-13-17-25-32)40-42-41-37(36)46-39(8-4,34-28-20-15-21-29-34)44-31-23-12-10-6-2/h13-21,24-29H,5-12,22-23,30-31H2,1-4H3. The Morgan fingerprint density at radius 3 is 1.48 bits per heavy atom. The summed E-state index contributed by atoms with van der Waals surface area (Å²) >= 11 is 0. The number of nitrogens with zero attached hydrogens (tertiary/aromatic N) is 3. The van der Waals surface area contributed by atoms with E-state index in [0.717, 1.165) is 55.2 Å². The van der Waals surface area contributed by atoms with Gasteiger partial charge < -0.3 is 18.9 Å². The van der Waals surface area contributed by atoms with Crippen LogP contribution in [-0.4, -0.2) is 28.6 Å². The summed E-state index contributed by atoms with van der Waals surface area (Å²) in [6.07, 6.45) is 9.80. The summed E-state index contributed by atoms with van der Waals surface area (Å²) in [6.45, 7) is 9.65. The SMILES string of the molecule is CCCCCCOC(CC)(Oc1nnnc(-c2ccccc2)c1OC(CC)(OCCCCCC)c1ccccc1)c1ccccc1. The fourth-order valence-corrected chi connectivity index (χ4v) is 5.58. The van der Waals surface area contributed by atoms with Crippen molar-refractivity contribution in [3.63, 3.8) is 0 Å². The van der Waals surface area contributed by atoms with E-state index in [1.807, 2.05) is 91.0 Å². The second-order valence-electron chi connectivity index (χ2n) is 11.6. The monoisotopic (exact) mass is 625 g/mol. The molecule has 0 radical (unpaired) electrons. The zero-order chi connectivity index (χ0) is 32.5. The molecule has 0 saturated heterocycles. The molecule has 7 nitrogen and oxygen atoms in total. The molecule has 2 atom stereocenters.